The van der Waals surface area contributed by atoms with Gasteiger partial charge in [0.1, 0.15) is 11.4 Å². The first-order chi connectivity index (χ1) is 11.6. The molecule has 124 valence electrons. The molecule has 0 saturated carbocycles. The highest BCUT2D eigenvalue weighted by Gasteiger charge is 2.29. The van der Waals surface area contributed by atoms with Crippen LogP contribution in [0.1, 0.15) is 25.3 Å². The van der Waals surface area contributed by atoms with Crippen LogP contribution in [-0.2, 0) is 9.59 Å². The van der Waals surface area contributed by atoms with E-state index in [9.17, 15) is 9.59 Å². The molecule has 1 saturated heterocycles. The summed E-state index contributed by atoms with van der Waals surface area (Å²) in [5.41, 5.74) is 2.77. The minimum Gasteiger partial charge on any atom is -0.411 e. The van der Waals surface area contributed by atoms with E-state index in [4.69, 9.17) is 5.21 Å². The molecular weight excluding hydrogens is 306 g/mol. The molecule has 0 bridgehead atoms. The minimum absolute atomic E-state index is 0.140. The molecule has 0 amide bonds. The number of nitrogens with zero attached hydrogens (tertiary/aromatic N) is 2. The van der Waals surface area contributed by atoms with E-state index in [1.165, 1.54) is 12.2 Å². The first kappa shape index (κ1) is 16.0. The van der Waals surface area contributed by atoms with Crippen molar-refractivity contribution >= 4 is 23.0 Å². The second-order valence-corrected chi connectivity index (χ2v) is 5.87. The highest BCUT2D eigenvalue weighted by molar-refractivity contribution is 6.21. The first-order valence-corrected chi connectivity index (χ1v) is 7.92. The van der Waals surface area contributed by atoms with Gasteiger partial charge in [-0.15, -0.1) is 0 Å². The van der Waals surface area contributed by atoms with Gasteiger partial charge < -0.3 is 15.4 Å². The van der Waals surface area contributed by atoms with Gasteiger partial charge in [-0.1, -0.05) is 17.3 Å². The Morgan fingerprint density at radius 1 is 1.08 bits per heavy atom. The number of nitrogens with one attached hydrogen (secondary N) is 1. The van der Waals surface area contributed by atoms with Crippen molar-refractivity contribution in [1.82, 2.24) is 4.90 Å². The van der Waals surface area contributed by atoms with Gasteiger partial charge in [0.25, 0.3) is 0 Å². The number of ketones is 2. The van der Waals surface area contributed by atoms with Crippen molar-refractivity contribution in [3.05, 3.63) is 53.4 Å². The number of benzene rings is 1. The molecule has 1 fully saturated rings. The lowest BCUT2D eigenvalue weighted by atomic mass is 10.0. The summed E-state index contributed by atoms with van der Waals surface area (Å²) in [5.74, 6) is -0.340. The Balaban J connectivity index is 1.91. The smallest absolute Gasteiger partial charge is 0.204 e. The Morgan fingerprint density at radius 3 is 2.33 bits per heavy atom. The lowest BCUT2D eigenvalue weighted by Crippen LogP contribution is -2.31. The molecule has 6 heteroatoms. The number of hydrogen-bond acceptors (Lipinski definition) is 6. The van der Waals surface area contributed by atoms with Gasteiger partial charge in [0.05, 0.1) is 5.71 Å². The van der Waals surface area contributed by atoms with Gasteiger partial charge in [-0.05, 0) is 49.6 Å². The van der Waals surface area contributed by atoms with E-state index in [1.807, 2.05) is 4.90 Å². The van der Waals surface area contributed by atoms with E-state index in [2.05, 4.69) is 10.5 Å². The highest BCUT2D eigenvalue weighted by Crippen LogP contribution is 2.24. The molecule has 2 N–H and O–H groups in total. The molecular formula is C18H19N3O3. The number of rotatable bonds is 4. The summed E-state index contributed by atoms with van der Waals surface area (Å²) >= 11 is 0. The third-order valence-electron chi connectivity index (χ3n) is 4.25. The number of carbonyl (C=O) groups excluding carboxylic acids is 2. The summed E-state index contributed by atoms with van der Waals surface area (Å²) in [6.07, 6.45) is 4.69. The summed E-state index contributed by atoms with van der Waals surface area (Å²) in [5, 5.41) is 15.1. The average molecular weight is 325 g/mol. The maximum Gasteiger partial charge on any atom is 0.204 e. The number of oxime groups is 1. The molecule has 3 rings (SSSR count). The molecule has 1 aromatic rings. The fourth-order valence-corrected chi connectivity index (χ4v) is 2.93. The molecule has 0 aromatic heterocycles. The highest BCUT2D eigenvalue weighted by atomic mass is 16.4. The second-order valence-electron chi connectivity index (χ2n) is 5.87. The number of allylic oxidation sites excluding steroid dienone is 2. The molecule has 1 aliphatic carbocycles. The predicted molar refractivity (Wildman–Crippen MR) is 91.0 cm³/mol. The Hall–Kier alpha value is -2.89. The summed E-state index contributed by atoms with van der Waals surface area (Å²) in [6, 6.07) is 7.15. The van der Waals surface area contributed by atoms with Crippen LogP contribution in [0.25, 0.3) is 0 Å². The van der Waals surface area contributed by atoms with Crippen LogP contribution in [0.15, 0.2) is 53.0 Å². The van der Waals surface area contributed by atoms with Crippen LogP contribution in [0.5, 0.6) is 0 Å². The second kappa shape index (κ2) is 6.70. The van der Waals surface area contributed by atoms with E-state index >= 15 is 0 Å². The zero-order valence-corrected chi connectivity index (χ0v) is 13.5. The topological polar surface area (TPSA) is 82.0 Å². The predicted octanol–water partition coefficient (Wildman–Crippen LogP) is 2.31. The van der Waals surface area contributed by atoms with Gasteiger partial charge in [-0.25, -0.2) is 0 Å². The molecule has 2 aliphatic rings. The van der Waals surface area contributed by atoms with Crippen LogP contribution >= 0.6 is 0 Å². The zero-order chi connectivity index (χ0) is 17.1. The molecule has 0 unspecified atom stereocenters. The number of hydrogen-bond donors (Lipinski definition) is 2. The standard InChI is InChI=1S/C18H19N3O3/c1-12(20-24)13-4-6-14(7-5-13)19-17-15(22)8-9-16(23)18(17)21-10-2-3-11-21/h4-9,19,24H,2-3,10-11H2,1H3. The van der Waals surface area contributed by atoms with Gasteiger partial charge in [0.2, 0.25) is 11.6 Å². The monoisotopic (exact) mass is 325 g/mol. The lowest BCUT2D eigenvalue weighted by molar-refractivity contribution is -0.116. The van der Waals surface area contributed by atoms with Crippen molar-refractivity contribution in [1.29, 1.82) is 0 Å². The maximum atomic E-state index is 12.3. The van der Waals surface area contributed by atoms with Crippen LogP contribution < -0.4 is 5.32 Å². The largest absolute Gasteiger partial charge is 0.411 e. The lowest BCUT2D eigenvalue weighted by Gasteiger charge is -2.25. The van der Waals surface area contributed by atoms with Crippen LogP contribution in [0.2, 0.25) is 0 Å². The number of likely N-dealkylation sites (tertiary alicyclic amines) is 1. The molecule has 0 atom stereocenters. The van der Waals surface area contributed by atoms with Crippen molar-refractivity contribution in [3.63, 3.8) is 0 Å². The Bertz CT molecular complexity index is 754. The summed E-state index contributed by atoms with van der Waals surface area (Å²) in [4.78, 5) is 26.6. The van der Waals surface area contributed by atoms with Crippen molar-refractivity contribution < 1.29 is 14.8 Å². The van der Waals surface area contributed by atoms with E-state index in [1.54, 1.807) is 31.2 Å². The first-order valence-electron chi connectivity index (χ1n) is 7.92. The van der Waals surface area contributed by atoms with Crippen molar-refractivity contribution in [2.45, 2.75) is 19.8 Å². The molecule has 0 radical (unpaired) electrons. The molecule has 1 aliphatic heterocycles. The van der Waals surface area contributed by atoms with Gasteiger partial charge in [0, 0.05) is 18.8 Å². The molecule has 1 aromatic carbocycles. The minimum atomic E-state index is -0.200. The molecule has 24 heavy (non-hydrogen) atoms. The summed E-state index contributed by atoms with van der Waals surface area (Å²) in [7, 11) is 0. The Labute approximate surface area is 140 Å². The average Bonchev–Trinajstić information content (AvgIpc) is 3.12. The molecule has 6 nitrogen and oxygen atoms in total. The summed E-state index contributed by atoms with van der Waals surface area (Å²) < 4.78 is 0. The van der Waals surface area contributed by atoms with E-state index in [0.717, 1.165) is 31.5 Å². The Morgan fingerprint density at radius 2 is 1.71 bits per heavy atom. The molecule has 1 heterocycles. The number of carbonyl (C=O) groups is 2. The van der Waals surface area contributed by atoms with E-state index < -0.39 is 0 Å². The maximum absolute atomic E-state index is 12.3. The fourth-order valence-electron chi connectivity index (χ4n) is 2.93. The Kier molecular flexibility index (Phi) is 4.46. The van der Waals surface area contributed by atoms with Crippen molar-refractivity contribution in [3.8, 4) is 0 Å². The number of anilines is 1. The van der Waals surface area contributed by atoms with Gasteiger partial charge in [0.15, 0.2) is 0 Å². The normalized spacial score (nSPS) is 18.5. The van der Waals surface area contributed by atoms with Crippen LogP contribution in [0.4, 0.5) is 5.69 Å². The van der Waals surface area contributed by atoms with Gasteiger partial charge in [-0.3, -0.25) is 9.59 Å². The summed E-state index contributed by atoms with van der Waals surface area (Å²) in [6.45, 7) is 3.28. The van der Waals surface area contributed by atoms with Crippen LogP contribution in [0.3, 0.4) is 0 Å². The quantitative estimate of drug-likeness (QED) is 0.384. The van der Waals surface area contributed by atoms with Crippen molar-refractivity contribution in [2.75, 3.05) is 18.4 Å². The van der Waals surface area contributed by atoms with Crippen LogP contribution in [-0.4, -0.2) is 40.5 Å². The van der Waals surface area contributed by atoms with Gasteiger partial charge in [-0.2, -0.15) is 0 Å². The SMILES string of the molecule is CC(=NO)c1ccc(NC2=C(N3CCCC3)C(=O)C=CC2=O)cc1. The van der Waals surface area contributed by atoms with Gasteiger partial charge >= 0.3 is 0 Å². The third kappa shape index (κ3) is 3.08. The van der Waals surface area contributed by atoms with Crippen molar-refractivity contribution in [2.24, 2.45) is 5.16 Å². The zero-order valence-electron chi connectivity index (χ0n) is 13.5. The van der Waals surface area contributed by atoms with Crippen LogP contribution in [0, 0.1) is 0 Å². The van der Waals surface area contributed by atoms with E-state index in [-0.39, 0.29) is 11.6 Å². The third-order valence-corrected chi connectivity index (χ3v) is 4.25. The molecule has 0 spiro atoms. The van der Waals surface area contributed by atoms with E-state index in [0.29, 0.717) is 22.8 Å². The fraction of sp³-hybridized carbons (Fsp3) is 0.278.